The fraction of sp³-hybridized carbons (Fsp3) is 0.316. The summed E-state index contributed by atoms with van der Waals surface area (Å²) in [6, 6.07) is 19.1. The Kier molecular flexibility index (Phi) is 11.5. The second-order valence-corrected chi connectivity index (χ2v) is 15.4. The van der Waals surface area contributed by atoms with Crippen molar-refractivity contribution in [1.82, 2.24) is 5.32 Å². The van der Waals surface area contributed by atoms with Gasteiger partial charge in [-0.15, -0.1) is 23.1 Å². The molecular formula is C38H41N3O6S2. The van der Waals surface area contributed by atoms with Gasteiger partial charge in [-0.3, -0.25) is 14.4 Å². The molecule has 5 rings (SSSR count). The Bertz CT molecular complexity index is 1840. The van der Waals surface area contributed by atoms with Crippen LogP contribution in [0.15, 0.2) is 88.0 Å². The molecule has 0 saturated heterocycles. The minimum absolute atomic E-state index is 0.000486. The summed E-state index contributed by atoms with van der Waals surface area (Å²) in [5.41, 5.74) is 2.48. The third-order valence-electron chi connectivity index (χ3n) is 8.34. The van der Waals surface area contributed by atoms with Gasteiger partial charge in [-0.2, -0.15) is 0 Å². The Labute approximate surface area is 294 Å². The summed E-state index contributed by atoms with van der Waals surface area (Å²) in [7, 11) is 0. The van der Waals surface area contributed by atoms with Crippen LogP contribution < -0.4 is 16.0 Å². The van der Waals surface area contributed by atoms with Crippen molar-refractivity contribution in [2.45, 2.75) is 64.0 Å². The number of fused-ring (bicyclic) bond motifs is 1. The number of carbonyl (C=O) groups excluding carboxylic acids is 4. The number of hydrogen-bond acceptors (Lipinski definition) is 8. The van der Waals surface area contributed by atoms with Gasteiger partial charge in [-0.25, -0.2) is 4.79 Å². The summed E-state index contributed by atoms with van der Waals surface area (Å²) in [5.74, 6) is -0.762. The summed E-state index contributed by atoms with van der Waals surface area (Å²) < 4.78 is 10.8. The molecule has 2 unspecified atom stereocenters. The molecule has 1 aliphatic rings. The summed E-state index contributed by atoms with van der Waals surface area (Å²) >= 11 is 2.79. The zero-order chi connectivity index (χ0) is 35.1. The molecular weight excluding hydrogens is 659 g/mol. The maximum atomic E-state index is 13.5. The number of rotatable bonds is 11. The number of carbonyl (C=O) groups is 4. The second kappa shape index (κ2) is 15.7. The first kappa shape index (κ1) is 35.7. The molecule has 2 aromatic heterocycles. The van der Waals surface area contributed by atoms with Crippen molar-refractivity contribution >= 4 is 63.6 Å². The number of furan rings is 1. The number of ether oxygens (including phenoxy) is 1. The van der Waals surface area contributed by atoms with Gasteiger partial charge in [0, 0.05) is 27.1 Å². The highest BCUT2D eigenvalue weighted by Gasteiger charge is 2.35. The molecule has 3 N–H and O–H groups in total. The largest absolute Gasteiger partial charge is 0.465 e. The van der Waals surface area contributed by atoms with Crippen molar-refractivity contribution in [2.75, 3.05) is 17.2 Å². The number of thiophene rings is 1. The lowest BCUT2D eigenvalue weighted by atomic mass is 9.72. The minimum atomic E-state index is -0.546. The minimum Gasteiger partial charge on any atom is -0.465 e. The third-order valence-corrected chi connectivity index (χ3v) is 10.6. The van der Waals surface area contributed by atoms with E-state index in [0.717, 1.165) is 34.6 Å². The number of benzene rings is 2. The predicted molar refractivity (Wildman–Crippen MR) is 195 cm³/mol. The van der Waals surface area contributed by atoms with Crippen LogP contribution in [0.25, 0.3) is 6.08 Å². The van der Waals surface area contributed by atoms with Gasteiger partial charge in [0.2, 0.25) is 5.91 Å². The SMILES string of the molecule is CCOC(=O)c1c(NC(=O)C(C)Sc2cccc(NC(=O)/C(=C/c3ccco3)NC(=O)c3ccccc3)c2)sc2c1CCC(C(C)(C)C)C2. The Balaban J connectivity index is 1.28. The van der Waals surface area contributed by atoms with Crippen molar-refractivity contribution in [3.8, 4) is 0 Å². The molecule has 0 fully saturated rings. The molecule has 11 heteroatoms. The first-order valence-corrected chi connectivity index (χ1v) is 17.9. The van der Waals surface area contributed by atoms with Crippen LogP contribution in [0, 0.1) is 11.3 Å². The van der Waals surface area contributed by atoms with Crippen LogP contribution in [-0.2, 0) is 27.2 Å². The van der Waals surface area contributed by atoms with E-state index in [1.807, 2.05) is 6.07 Å². The molecule has 0 bridgehead atoms. The standard InChI is InChI=1S/C38H41N3O6S2/c1-6-46-37(45)32-29-18-17-25(38(3,4)5)20-31(29)49-36(32)41-33(42)23(2)48-28-16-10-14-26(21-28)39-35(44)30(22-27-15-11-19-47-27)40-34(43)24-12-8-7-9-13-24/h7-16,19,21-23,25H,6,17-18,20H2,1-5H3,(H,39,44)(H,40,43)(H,41,42)/b30-22-. The monoisotopic (exact) mass is 699 g/mol. The lowest BCUT2D eigenvalue weighted by molar-refractivity contribution is -0.115. The summed E-state index contributed by atoms with van der Waals surface area (Å²) in [4.78, 5) is 54.7. The van der Waals surface area contributed by atoms with E-state index < -0.39 is 23.0 Å². The molecule has 49 heavy (non-hydrogen) atoms. The highest BCUT2D eigenvalue weighted by Crippen LogP contribution is 2.44. The average Bonchev–Trinajstić information content (AvgIpc) is 3.71. The second-order valence-electron chi connectivity index (χ2n) is 12.9. The number of hydrogen-bond donors (Lipinski definition) is 3. The van der Waals surface area contributed by atoms with E-state index in [1.54, 1.807) is 74.5 Å². The van der Waals surface area contributed by atoms with E-state index in [9.17, 15) is 19.2 Å². The first-order chi connectivity index (χ1) is 23.4. The molecule has 0 spiro atoms. The Morgan fingerprint density at radius 1 is 1.04 bits per heavy atom. The molecule has 2 heterocycles. The molecule has 4 aromatic rings. The van der Waals surface area contributed by atoms with Crippen LogP contribution in [0.3, 0.4) is 0 Å². The molecule has 0 saturated carbocycles. The third kappa shape index (κ3) is 9.10. The summed E-state index contributed by atoms with van der Waals surface area (Å²) in [6.07, 6.45) is 5.55. The van der Waals surface area contributed by atoms with Gasteiger partial charge >= 0.3 is 5.97 Å². The van der Waals surface area contributed by atoms with Crippen molar-refractivity contribution < 1.29 is 28.3 Å². The van der Waals surface area contributed by atoms with E-state index in [1.165, 1.54) is 35.4 Å². The summed E-state index contributed by atoms with van der Waals surface area (Å²) in [5, 5.41) is 8.56. The van der Waals surface area contributed by atoms with Crippen LogP contribution in [-0.4, -0.2) is 35.5 Å². The lowest BCUT2D eigenvalue weighted by Crippen LogP contribution is -2.30. The number of anilines is 2. The zero-order valence-electron chi connectivity index (χ0n) is 28.3. The number of nitrogens with one attached hydrogen (secondary N) is 3. The van der Waals surface area contributed by atoms with Gasteiger partial charge in [0.05, 0.1) is 23.7 Å². The highest BCUT2D eigenvalue weighted by molar-refractivity contribution is 8.00. The lowest BCUT2D eigenvalue weighted by Gasteiger charge is -2.33. The molecule has 0 radical (unpaired) electrons. The van der Waals surface area contributed by atoms with Gasteiger partial charge < -0.3 is 25.1 Å². The van der Waals surface area contributed by atoms with Crippen LogP contribution in [0.1, 0.15) is 78.0 Å². The number of amides is 3. The van der Waals surface area contributed by atoms with Crippen molar-refractivity contribution in [3.05, 3.63) is 106 Å². The molecule has 256 valence electrons. The van der Waals surface area contributed by atoms with Crippen LogP contribution in [0.2, 0.25) is 0 Å². The Morgan fingerprint density at radius 2 is 1.82 bits per heavy atom. The molecule has 1 aliphatic carbocycles. The van der Waals surface area contributed by atoms with E-state index in [2.05, 4.69) is 36.7 Å². The molecule has 9 nitrogen and oxygen atoms in total. The van der Waals surface area contributed by atoms with Crippen LogP contribution in [0.5, 0.6) is 0 Å². The molecule has 2 atom stereocenters. The molecule has 0 aliphatic heterocycles. The van der Waals surface area contributed by atoms with E-state index in [-0.39, 0.29) is 23.6 Å². The van der Waals surface area contributed by atoms with Crippen molar-refractivity contribution in [2.24, 2.45) is 11.3 Å². The fourth-order valence-corrected chi connectivity index (χ4v) is 7.85. The van der Waals surface area contributed by atoms with Gasteiger partial charge in [0.15, 0.2) is 0 Å². The molecule has 2 aromatic carbocycles. The van der Waals surface area contributed by atoms with Crippen molar-refractivity contribution in [1.29, 1.82) is 0 Å². The molecule has 3 amide bonds. The average molecular weight is 700 g/mol. The van der Waals surface area contributed by atoms with Gasteiger partial charge in [0.25, 0.3) is 11.8 Å². The van der Waals surface area contributed by atoms with Crippen LogP contribution >= 0.6 is 23.1 Å². The number of thioether (sulfide) groups is 1. The summed E-state index contributed by atoms with van der Waals surface area (Å²) in [6.45, 7) is 10.5. The van der Waals surface area contributed by atoms with Gasteiger partial charge in [-0.05, 0) is 92.5 Å². The van der Waals surface area contributed by atoms with E-state index in [4.69, 9.17) is 9.15 Å². The van der Waals surface area contributed by atoms with E-state index in [0.29, 0.717) is 33.5 Å². The van der Waals surface area contributed by atoms with Gasteiger partial charge in [-0.1, -0.05) is 45.0 Å². The topological polar surface area (TPSA) is 127 Å². The Morgan fingerprint density at radius 3 is 2.51 bits per heavy atom. The normalized spacial score (nSPS) is 15.1. The highest BCUT2D eigenvalue weighted by atomic mass is 32.2. The van der Waals surface area contributed by atoms with Crippen LogP contribution in [0.4, 0.5) is 10.7 Å². The fourth-order valence-electron chi connectivity index (χ4n) is 5.61. The zero-order valence-corrected chi connectivity index (χ0v) is 29.9. The van der Waals surface area contributed by atoms with Gasteiger partial charge in [0.1, 0.15) is 16.5 Å². The van der Waals surface area contributed by atoms with E-state index >= 15 is 0 Å². The number of esters is 1. The Hall–Kier alpha value is -4.61. The predicted octanol–water partition coefficient (Wildman–Crippen LogP) is 8.20. The smallest absolute Gasteiger partial charge is 0.341 e. The van der Waals surface area contributed by atoms with Crippen molar-refractivity contribution in [3.63, 3.8) is 0 Å². The maximum Gasteiger partial charge on any atom is 0.341 e. The quantitative estimate of drug-likeness (QED) is 0.0819. The first-order valence-electron chi connectivity index (χ1n) is 16.2. The maximum absolute atomic E-state index is 13.5.